The molecule has 1 saturated carbocycles. The van der Waals surface area contributed by atoms with E-state index in [1.807, 2.05) is 10.9 Å². The van der Waals surface area contributed by atoms with Crippen LogP contribution in [0.5, 0.6) is 0 Å². The molecule has 1 unspecified atom stereocenters. The van der Waals surface area contributed by atoms with Crippen molar-refractivity contribution < 1.29 is 4.74 Å². The van der Waals surface area contributed by atoms with Gasteiger partial charge in [0.2, 0.25) is 0 Å². The van der Waals surface area contributed by atoms with Gasteiger partial charge in [-0.05, 0) is 32.6 Å². The average Bonchev–Trinajstić information content (AvgIpc) is 2.98. The van der Waals surface area contributed by atoms with Crippen LogP contribution in [0.2, 0.25) is 0 Å². The molecule has 0 bridgehead atoms. The average molecular weight is 223 g/mol. The van der Waals surface area contributed by atoms with Gasteiger partial charge in [0.15, 0.2) is 0 Å². The van der Waals surface area contributed by atoms with Crippen LogP contribution in [0, 0.1) is 5.92 Å². The summed E-state index contributed by atoms with van der Waals surface area (Å²) in [6, 6.07) is 0.854. The van der Waals surface area contributed by atoms with Gasteiger partial charge < -0.3 is 10.1 Å². The Balaban J connectivity index is 1.95. The molecule has 1 aromatic rings. The lowest BCUT2D eigenvalue weighted by Gasteiger charge is -2.17. The molecule has 0 aromatic carbocycles. The van der Waals surface area contributed by atoms with E-state index >= 15 is 0 Å². The quantitative estimate of drug-likeness (QED) is 0.804. The second-order valence-electron chi connectivity index (χ2n) is 4.85. The Morgan fingerprint density at radius 3 is 2.81 bits per heavy atom. The molecule has 1 aliphatic carbocycles. The molecule has 1 fully saturated rings. The van der Waals surface area contributed by atoms with Gasteiger partial charge in [0.05, 0.1) is 24.5 Å². The van der Waals surface area contributed by atoms with Crippen molar-refractivity contribution in [2.45, 2.75) is 38.8 Å². The normalized spacial score (nSPS) is 17.8. The highest BCUT2D eigenvalue weighted by atomic mass is 16.5. The molecule has 0 saturated heterocycles. The van der Waals surface area contributed by atoms with Crippen LogP contribution in [-0.2, 0) is 4.74 Å². The fourth-order valence-corrected chi connectivity index (χ4v) is 1.88. The third kappa shape index (κ3) is 2.76. The van der Waals surface area contributed by atoms with E-state index < -0.39 is 0 Å². The molecular weight excluding hydrogens is 202 g/mol. The molecule has 4 heteroatoms. The van der Waals surface area contributed by atoms with Crippen LogP contribution >= 0.6 is 0 Å². The molecule has 0 aliphatic heterocycles. The molecule has 0 radical (unpaired) electrons. The van der Waals surface area contributed by atoms with Crippen LogP contribution in [0.4, 0.5) is 5.69 Å². The number of methoxy groups -OCH3 is 1. The summed E-state index contributed by atoms with van der Waals surface area (Å²) in [7, 11) is 1.76. The van der Waals surface area contributed by atoms with E-state index in [9.17, 15) is 0 Å². The van der Waals surface area contributed by atoms with Gasteiger partial charge in [0.1, 0.15) is 0 Å². The largest absolute Gasteiger partial charge is 0.383 e. The van der Waals surface area contributed by atoms with Crippen molar-refractivity contribution in [3.63, 3.8) is 0 Å². The molecule has 0 amide bonds. The summed E-state index contributed by atoms with van der Waals surface area (Å²) >= 11 is 0. The first-order chi connectivity index (χ1) is 7.70. The lowest BCUT2D eigenvalue weighted by Crippen LogP contribution is -2.26. The Bertz CT molecular complexity index is 331. The molecule has 2 rings (SSSR count). The summed E-state index contributed by atoms with van der Waals surface area (Å²) in [5.41, 5.74) is 1.10. The minimum Gasteiger partial charge on any atom is -0.383 e. The summed E-state index contributed by atoms with van der Waals surface area (Å²) in [5, 5.41) is 7.83. The van der Waals surface area contributed by atoms with Crippen molar-refractivity contribution in [3.05, 3.63) is 12.4 Å². The summed E-state index contributed by atoms with van der Waals surface area (Å²) in [6.07, 6.45) is 6.60. The lowest BCUT2D eigenvalue weighted by molar-refractivity contribution is 0.179. The van der Waals surface area contributed by atoms with Crippen LogP contribution < -0.4 is 5.32 Å². The first-order valence-corrected chi connectivity index (χ1v) is 6.00. The Kier molecular flexibility index (Phi) is 3.49. The smallest absolute Gasteiger partial charge is 0.0729 e. The molecule has 1 aromatic heterocycles. The second kappa shape index (κ2) is 4.87. The number of nitrogens with one attached hydrogen (secondary N) is 1. The van der Waals surface area contributed by atoms with E-state index in [0.717, 1.165) is 18.2 Å². The monoisotopic (exact) mass is 223 g/mol. The number of aromatic nitrogens is 2. The van der Waals surface area contributed by atoms with Gasteiger partial charge in [-0.3, -0.25) is 4.68 Å². The van der Waals surface area contributed by atoms with Gasteiger partial charge >= 0.3 is 0 Å². The number of anilines is 1. The molecule has 1 heterocycles. The SMILES string of the molecule is COCC(Nc1cnn(C(C)C)c1)C1CC1. The number of ether oxygens (including phenoxy) is 1. The number of hydrogen-bond donors (Lipinski definition) is 1. The van der Waals surface area contributed by atoms with Crippen molar-refractivity contribution in [1.82, 2.24) is 9.78 Å². The van der Waals surface area contributed by atoms with E-state index in [0.29, 0.717) is 12.1 Å². The predicted molar refractivity (Wildman–Crippen MR) is 64.6 cm³/mol. The first-order valence-electron chi connectivity index (χ1n) is 6.00. The third-order valence-electron chi connectivity index (χ3n) is 3.02. The van der Waals surface area contributed by atoms with Crippen LogP contribution in [0.1, 0.15) is 32.7 Å². The van der Waals surface area contributed by atoms with Crippen LogP contribution in [-0.4, -0.2) is 29.5 Å². The maximum atomic E-state index is 5.24. The highest BCUT2D eigenvalue weighted by molar-refractivity contribution is 5.40. The Hall–Kier alpha value is -1.03. The Morgan fingerprint density at radius 1 is 1.56 bits per heavy atom. The number of rotatable bonds is 6. The summed E-state index contributed by atoms with van der Waals surface area (Å²) in [5.74, 6) is 0.780. The highest BCUT2D eigenvalue weighted by Crippen LogP contribution is 2.34. The predicted octanol–water partition coefficient (Wildman–Crippen LogP) is 2.30. The number of nitrogens with zero attached hydrogens (tertiary/aromatic N) is 2. The molecule has 1 atom stereocenters. The highest BCUT2D eigenvalue weighted by Gasteiger charge is 2.31. The van der Waals surface area contributed by atoms with E-state index in [1.165, 1.54) is 12.8 Å². The fourth-order valence-electron chi connectivity index (χ4n) is 1.88. The van der Waals surface area contributed by atoms with Gasteiger partial charge in [-0.1, -0.05) is 0 Å². The van der Waals surface area contributed by atoms with Crippen LogP contribution in [0.3, 0.4) is 0 Å². The zero-order chi connectivity index (χ0) is 11.5. The molecule has 4 nitrogen and oxygen atoms in total. The minimum absolute atomic E-state index is 0.414. The third-order valence-corrected chi connectivity index (χ3v) is 3.02. The minimum atomic E-state index is 0.414. The maximum Gasteiger partial charge on any atom is 0.0729 e. The summed E-state index contributed by atoms with van der Waals surface area (Å²) < 4.78 is 7.21. The standard InChI is InChI=1S/C12H21N3O/c1-9(2)15-7-11(6-13-15)14-12(8-16-3)10-4-5-10/h6-7,9-10,12,14H,4-5,8H2,1-3H3. The van der Waals surface area contributed by atoms with Crippen molar-refractivity contribution in [2.75, 3.05) is 19.0 Å². The van der Waals surface area contributed by atoms with Crippen LogP contribution in [0.25, 0.3) is 0 Å². The van der Waals surface area contributed by atoms with Crippen molar-refractivity contribution in [1.29, 1.82) is 0 Å². The van der Waals surface area contributed by atoms with Gasteiger partial charge in [-0.2, -0.15) is 5.10 Å². The van der Waals surface area contributed by atoms with E-state index in [2.05, 4.69) is 30.5 Å². The van der Waals surface area contributed by atoms with E-state index in [1.54, 1.807) is 7.11 Å². The summed E-state index contributed by atoms with van der Waals surface area (Å²) in [4.78, 5) is 0. The van der Waals surface area contributed by atoms with Crippen molar-refractivity contribution >= 4 is 5.69 Å². The first kappa shape index (κ1) is 11.5. The second-order valence-corrected chi connectivity index (χ2v) is 4.85. The van der Waals surface area contributed by atoms with Gasteiger partial charge in [-0.15, -0.1) is 0 Å². The van der Waals surface area contributed by atoms with Gasteiger partial charge in [0, 0.05) is 19.3 Å². The summed E-state index contributed by atoms with van der Waals surface area (Å²) in [6.45, 7) is 5.03. The van der Waals surface area contributed by atoms with Crippen LogP contribution in [0.15, 0.2) is 12.4 Å². The Morgan fingerprint density at radius 2 is 2.31 bits per heavy atom. The zero-order valence-electron chi connectivity index (χ0n) is 10.3. The maximum absolute atomic E-state index is 5.24. The van der Waals surface area contributed by atoms with E-state index in [4.69, 9.17) is 4.74 Å². The van der Waals surface area contributed by atoms with E-state index in [-0.39, 0.29) is 0 Å². The molecular formula is C12H21N3O. The molecule has 90 valence electrons. The van der Waals surface area contributed by atoms with Crippen molar-refractivity contribution in [2.24, 2.45) is 5.92 Å². The lowest BCUT2D eigenvalue weighted by atomic mass is 10.2. The zero-order valence-corrected chi connectivity index (χ0v) is 10.3. The van der Waals surface area contributed by atoms with Gasteiger partial charge in [0.25, 0.3) is 0 Å². The molecule has 16 heavy (non-hydrogen) atoms. The molecule has 0 spiro atoms. The van der Waals surface area contributed by atoms with Crippen molar-refractivity contribution in [3.8, 4) is 0 Å². The topological polar surface area (TPSA) is 39.1 Å². The molecule has 1 N–H and O–H groups in total. The van der Waals surface area contributed by atoms with Gasteiger partial charge in [-0.25, -0.2) is 0 Å². The Labute approximate surface area is 97.0 Å². The molecule has 1 aliphatic rings. The fraction of sp³-hybridized carbons (Fsp3) is 0.750. The number of hydrogen-bond acceptors (Lipinski definition) is 3.